The average Bonchev–Trinajstić information content (AvgIpc) is 3.31. The van der Waals surface area contributed by atoms with Crippen LogP contribution in [0.15, 0.2) is 60.8 Å². The zero-order chi connectivity index (χ0) is 24.5. The average molecular weight is 514 g/mol. The molecule has 6 nitrogen and oxygen atoms in total. The van der Waals surface area contributed by atoms with Gasteiger partial charge in [0.15, 0.2) is 5.78 Å². The third kappa shape index (κ3) is 4.28. The second-order valence-electron chi connectivity index (χ2n) is 8.03. The Morgan fingerprint density at radius 1 is 1.06 bits per heavy atom. The topological polar surface area (TPSA) is 86.1 Å². The molecule has 9 heteroatoms. The molecule has 0 saturated carbocycles. The van der Waals surface area contributed by atoms with Crippen LogP contribution in [0.1, 0.15) is 37.8 Å². The van der Waals surface area contributed by atoms with Gasteiger partial charge in [0.05, 0.1) is 27.2 Å². The van der Waals surface area contributed by atoms with Gasteiger partial charge in [-0.2, -0.15) is 5.26 Å². The van der Waals surface area contributed by atoms with E-state index in [4.69, 9.17) is 40.1 Å². The van der Waals surface area contributed by atoms with E-state index in [-0.39, 0.29) is 23.4 Å². The Kier molecular flexibility index (Phi) is 6.92. The van der Waals surface area contributed by atoms with Gasteiger partial charge in [-0.3, -0.25) is 9.59 Å². The summed E-state index contributed by atoms with van der Waals surface area (Å²) in [5.74, 6) is -1.05. The maximum Gasteiger partial charge on any atom is 0.256 e. The minimum atomic E-state index is -1.28. The lowest BCUT2D eigenvalue weighted by atomic mass is 9.75. The van der Waals surface area contributed by atoms with Crippen LogP contribution in [-0.4, -0.2) is 47.3 Å². The molecular formula is C25H19Cl3N4O2. The Morgan fingerprint density at radius 2 is 1.76 bits per heavy atom. The van der Waals surface area contributed by atoms with E-state index in [0.717, 1.165) is 5.56 Å². The molecular weight excluding hydrogens is 495 g/mol. The first kappa shape index (κ1) is 24.2. The molecule has 1 aliphatic rings. The number of Topliss-reactive ketones (excluding diaryl/α,β-unsaturated/α-hetero) is 1. The molecule has 1 aliphatic heterocycles. The third-order valence-corrected chi connectivity index (χ3v) is 7.17. The number of carbonyl (C=O) groups excluding carboxylic acids is 2. The van der Waals surface area contributed by atoms with Gasteiger partial charge in [-0.05, 0) is 42.0 Å². The molecule has 2 atom stereocenters. The van der Waals surface area contributed by atoms with E-state index < -0.39 is 11.5 Å². The van der Waals surface area contributed by atoms with Gasteiger partial charge in [0, 0.05) is 37.8 Å². The summed E-state index contributed by atoms with van der Waals surface area (Å²) in [6.45, 7) is 0.663. The highest BCUT2D eigenvalue weighted by atomic mass is 35.5. The number of likely N-dealkylation sites (N-methyl/N-ethyl adjacent to an activating group) is 1. The number of nitriles is 1. The van der Waals surface area contributed by atoms with Crippen molar-refractivity contribution in [2.75, 3.05) is 20.1 Å². The van der Waals surface area contributed by atoms with E-state index in [9.17, 15) is 9.59 Å². The van der Waals surface area contributed by atoms with Gasteiger partial charge in [-0.15, -0.1) is 0 Å². The number of hydrogen-bond acceptors (Lipinski definition) is 5. The highest BCUT2D eigenvalue weighted by Crippen LogP contribution is 2.41. The molecule has 1 fully saturated rings. The third-order valence-electron chi connectivity index (χ3n) is 6.21. The van der Waals surface area contributed by atoms with Crippen molar-refractivity contribution in [2.24, 2.45) is 0 Å². The molecule has 4 rings (SSSR count). The molecule has 1 saturated heterocycles. The molecule has 1 amide bonds. The lowest BCUT2D eigenvalue weighted by Gasteiger charge is -2.41. The fourth-order valence-electron chi connectivity index (χ4n) is 4.39. The van der Waals surface area contributed by atoms with Crippen molar-refractivity contribution in [2.45, 2.75) is 11.5 Å². The quantitative estimate of drug-likeness (QED) is 0.383. The summed E-state index contributed by atoms with van der Waals surface area (Å²) >= 11 is 18.3. The van der Waals surface area contributed by atoms with Gasteiger partial charge >= 0.3 is 0 Å². The molecule has 0 aliphatic carbocycles. The van der Waals surface area contributed by atoms with Crippen LogP contribution in [0.4, 0.5) is 0 Å². The smallest absolute Gasteiger partial charge is 0.256 e. The van der Waals surface area contributed by atoms with E-state index in [1.165, 1.54) is 17.2 Å². The molecule has 3 aromatic rings. The van der Waals surface area contributed by atoms with Crippen LogP contribution < -0.4 is 5.32 Å². The molecule has 0 radical (unpaired) electrons. The fraction of sp³-hybridized carbons (Fsp3) is 0.200. The number of amides is 1. The maximum absolute atomic E-state index is 14.1. The summed E-state index contributed by atoms with van der Waals surface area (Å²) in [5.41, 5.74) is 0.630. The maximum atomic E-state index is 14.1. The predicted octanol–water partition coefficient (Wildman–Crippen LogP) is 4.99. The lowest BCUT2D eigenvalue weighted by molar-refractivity contribution is 0.0477. The lowest BCUT2D eigenvalue weighted by Crippen LogP contribution is -2.59. The first-order chi connectivity index (χ1) is 16.3. The van der Waals surface area contributed by atoms with Gasteiger partial charge in [0.2, 0.25) is 0 Å². The van der Waals surface area contributed by atoms with Crippen LogP contribution in [0.5, 0.6) is 0 Å². The highest BCUT2D eigenvalue weighted by molar-refractivity contribution is 6.42. The first-order valence-corrected chi connectivity index (χ1v) is 11.5. The van der Waals surface area contributed by atoms with E-state index in [0.29, 0.717) is 33.3 Å². The van der Waals surface area contributed by atoms with E-state index in [1.54, 1.807) is 49.5 Å². The van der Waals surface area contributed by atoms with E-state index >= 15 is 0 Å². The van der Waals surface area contributed by atoms with Gasteiger partial charge in [-0.25, -0.2) is 4.98 Å². The van der Waals surface area contributed by atoms with E-state index in [2.05, 4.69) is 16.4 Å². The summed E-state index contributed by atoms with van der Waals surface area (Å²) in [6.07, 6.45) is 1.39. The van der Waals surface area contributed by atoms with Crippen LogP contribution in [0.2, 0.25) is 15.2 Å². The summed E-state index contributed by atoms with van der Waals surface area (Å²) < 4.78 is 0. The molecule has 172 valence electrons. The number of pyridine rings is 1. The first-order valence-electron chi connectivity index (χ1n) is 10.4. The summed E-state index contributed by atoms with van der Waals surface area (Å²) in [5, 5.41) is 13.4. The van der Waals surface area contributed by atoms with Crippen molar-refractivity contribution in [3.8, 4) is 6.07 Å². The second-order valence-corrected chi connectivity index (χ2v) is 9.23. The number of carbonyl (C=O) groups is 2. The number of rotatable bonds is 5. The largest absolute Gasteiger partial charge is 0.327 e. The number of halogens is 3. The van der Waals surface area contributed by atoms with Crippen molar-refractivity contribution in [3.63, 3.8) is 0 Å². The fourth-order valence-corrected chi connectivity index (χ4v) is 4.81. The molecule has 34 heavy (non-hydrogen) atoms. The Morgan fingerprint density at radius 3 is 2.38 bits per heavy atom. The van der Waals surface area contributed by atoms with Crippen LogP contribution in [0, 0.1) is 11.3 Å². The Labute approximate surface area is 212 Å². The molecule has 0 spiro atoms. The minimum absolute atomic E-state index is 0.222. The van der Waals surface area contributed by atoms with Crippen LogP contribution >= 0.6 is 34.8 Å². The zero-order valence-corrected chi connectivity index (χ0v) is 20.3. The molecule has 2 aromatic carbocycles. The Balaban J connectivity index is 1.84. The van der Waals surface area contributed by atoms with Crippen LogP contribution in [-0.2, 0) is 0 Å². The Bertz CT molecular complexity index is 1290. The molecule has 2 heterocycles. The number of aromatic nitrogens is 1. The van der Waals surface area contributed by atoms with Crippen LogP contribution in [0.3, 0.4) is 0 Å². The standard InChI is InChI=1S/C25H19Cl3N4O2/c1-32(24(34)18-7-9-22(28)31-12-18)25(23(33)16-4-2-15(11-29)3-5-16)14-30-13-19(25)17-6-8-20(26)21(27)10-17/h2-10,12,19,30H,13-14H2,1H3/t19-,25+/m0/s1. The summed E-state index contributed by atoms with van der Waals surface area (Å²) in [6, 6.07) is 16.8. The molecule has 1 aromatic heterocycles. The normalized spacial score (nSPS) is 19.4. The number of ketones is 1. The number of nitrogens with zero attached hydrogens (tertiary/aromatic N) is 3. The number of nitrogens with one attached hydrogen (secondary N) is 1. The van der Waals surface area contributed by atoms with Gasteiger partial charge in [0.25, 0.3) is 5.91 Å². The zero-order valence-electron chi connectivity index (χ0n) is 18.1. The van der Waals surface area contributed by atoms with Crippen molar-refractivity contribution < 1.29 is 9.59 Å². The number of benzene rings is 2. The Hall–Kier alpha value is -2.95. The second kappa shape index (κ2) is 9.73. The van der Waals surface area contributed by atoms with E-state index in [1.807, 2.05) is 6.07 Å². The van der Waals surface area contributed by atoms with Gasteiger partial charge in [-0.1, -0.05) is 53.0 Å². The number of hydrogen-bond donors (Lipinski definition) is 1. The SMILES string of the molecule is CN(C(=O)c1ccc(Cl)nc1)[C@]1(C(=O)c2ccc(C#N)cc2)CNC[C@H]1c1ccc(Cl)c(Cl)c1. The van der Waals surface area contributed by atoms with Gasteiger partial charge in [0.1, 0.15) is 10.7 Å². The summed E-state index contributed by atoms with van der Waals surface area (Å²) in [4.78, 5) is 33.1. The minimum Gasteiger partial charge on any atom is -0.327 e. The molecule has 0 bridgehead atoms. The van der Waals surface area contributed by atoms with Crippen molar-refractivity contribution in [1.29, 1.82) is 5.26 Å². The van der Waals surface area contributed by atoms with Crippen molar-refractivity contribution in [3.05, 3.63) is 98.2 Å². The van der Waals surface area contributed by atoms with Gasteiger partial charge < -0.3 is 10.2 Å². The van der Waals surface area contributed by atoms with Crippen LogP contribution in [0.25, 0.3) is 0 Å². The predicted molar refractivity (Wildman–Crippen MR) is 132 cm³/mol. The highest BCUT2D eigenvalue weighted by Gasteiger charge is 2.54. The molecule has 1 N–H and O–H groups in total. The monoisotopic (exact) mass is 512 g/mol. The van der Waals surface area contributed by atoms with Crippen molar-refractivity contribution in [1.82, 2.24) is 15.2 Å². The van der Waals surface area contributed by atoms with Crippen molar-refractivity contribution >= 4 is 46.5 Å². The summed E-state index contributed by atoms with van der Waals surface area (Å²) in [7, 11) is 1.61. The molecule has 0 unspecified atom stereocenters.